The van der Waals surface area contributed by atoms with E-state index in [1.807, 2.05) is 6.07 Å². The van der Waals surface area contributed by atoms with E-state index < -0.39 is 27.4 Å². The van der Waals surface area contributed by atoms with Gasteiger partial charge in [-0.15, -0.1) is 0 Å². The molecule has 0 saturated carbocycles. The van der Waals surface area contributed by atoms with Crippen LogP contribution in [-0.4, -0.2) is 19.5 Å². The molecular weight excluding hydrogens is 311 g/mol. The van der Waals surface area contributed by atoms with Crippen LogP contribution >= 0.6 is 0 Å². The van der Waals surface area contributed by atoms with E-state index in [-0.39, 0.29) is 10.6 Å². The molecule has 112 valence electrons. The number of hydrogen-bond donors (Lipinski definition) is 2. The number of rotatable bonds is 4. The molecule has 0 saturated heterocycles. The highest BCUT2D eigenvalue weighted by atomic mass is 32.2. The van der Waals surface area contributed by atoms with Crippen LogP contribution in [0.3, 0.4) is 0 Å². The molecule has 2 aromatic rings. The lowest BCUT2D eigenvalue weighted by Crippen LogP contribution is -2.14. The van der Waals surface area contributed by atoms with Gasteiger partial charge in [0.05, 0.1) is 22.1 Å². The molecule has 0 amide bonds. The number of nitrogens with one attached hydrogen (secondary N) is 1. The Hall–Kier alpha value is -2.92. The molecular formula is C14H9FN2O4S. The van der Waals surface area contributed by atoms with E-state index in [0.717, 1.165) is 18.2 Å². The number of carbonyl (C=O) groups is 1. The monoisotopic (exact) mass is 320 g/mol. The summed E-state index contributed by atoms with van der Waals surface area (Å²) in [6.07, 6.45) is 0. The summed E-state index contributed by atoms with van der Waals surface area (Å²) in [6.45, 7) is 0. The van der Waals surface area contributed by atoms with Gasteiger partial charge in [-0.2, -0.15) is 5.26 Å². The predicted octanol–water partition coefficient (Wildman–Crippen LogP) is 2.20. The molecule has 2 aromatic carbocycles. The minimum atomic E-state index is -4.07. The number of halogens is 1. The second-order valence-corrected chi connectivity index (χ2v) is 5.92. The van der Waals surface area contributed by atoms with E-state index >= 15 is 0 Å². The Labute approximate surface area is 125 Å². The third-order valence-corrected chi connectivity index (χ3v) is 4.12. The molecule has 0 spiro atoms. The van der Waals surface area contributed by atoms with Crippen LogP contribution in [0.4, 0.5) is 10.1 Å². The van der Waals surface area contributed by atoms with Crippen molar-refractivity contribution in [3.8, 4) is 6.07 Å². The van der Waals surface area contributed by atoms with E-state index in [4.69, 9.17) is 10.4 Å². The number of hydrogen-bond acceptors (Lipinski definition) is 4. The fourth-order valence-corrected chi connectivity index (χ4v) is 2.75. The molecule has 8 heteroatoms. The van der Waals surface area contributed by atoms with Gasteiger partial charge in [0.25, 0.3) is 10.0 Å². The predicted molar refractivity (Wildman–Crippen MR) is 75.3 cm³/mol. The van der Waals surface area contributed by atoms with Crippen LogP contribution in [0.15, 0.2) is 47.4 Å². The van der Waals surface area contributed by atoms with E-state index in [0.29, 0.717) is 5.56 Å². The molecule has 0 bridgehead atoms. The summed E-state index contributed by atoms with van der Waals surface area (Å²) in [5.41, 5.74) is -0.180. The minimum Gasteiger partial charge on any atom is -0.478 e. The smallest absolute Gasteiger partial charge is 0.338 e. The largest absolute Gasteiger partial charge is 0.478 e. The van der Waals surface area contributed by atoms with E-state index in [1.165, 1.54) is 24.3 Å². The van der Waals surface area contributed by atoms with Crippen molar-refractivity contribution in [1.29, 1.82) is 5.26 Å². The Morgan fingerprint density at radius 3 is 2.36 bits per heavy atom. The van der Waals surface area contributed by atoms with Gasteiger partial charge in [0, 0.05) is 5.69 Å². The maximum atomic E-state index is 13.3. The first-order valence-corrected chi connectivity index (χ1v) is 7.37. The van der Waals surface area contributed by atoms with Crippen molar-refractivity contribution in [2.45, 2.75) is 4.90 Å². The van der Waals surface area contributed by atoms with Gasteiger partial charge in [-0.3, -0.25) is 4.72 Å². The maximum absolute atomic E-state index is 13.3. The van der Waals surface area contributed by atoms with Crippen LogP contribution in [0.1, 0.15) is 15.9 Å². The molecule has 0 atom stereocenters. The number of carboxylic acids is 1. The summed E-state index contributed by atoms with van der Waals surface area (Å²) in [5.74, 6) is -2.59. The van der Waals surface area contributed by atoms with E-state index in [1.54, 1.807) is 0 Å². The van der Waals surface area contributed by atoms with Gasteiger partial charge < -0.3 is 5.11 Å². The fourth-order valence-electron chi connectivity index (χ4n) is 1.66. The minimum absolute atomic E-state index is 0.195. The number of anilines is 1. The molecule has 2 N–H and O–H groups in total. The Kier molecular flexibility index (Phi) is 4.10. The van der Waals surface area contributed by atoms with Crippen LogP contribution in [0.25, 0.3) is 0 Å². The third-order valence-electron chi connectivity index (χ3n) is 2.74. The highest BCUT2D eigenvalue weighted by Crippen LogP contribution is 2.19. The van der Waals surface area contributed by atoms with Gasteiger partial charge in [-0.05, 0) is 42.5 Å². The molecule has 0 aliphatic heterocycles. The first kappa shape index (κ1) is 15.5. The van der Waals surface area contributed by atoms with Crippen molar-refractivity contribution in [3.63, 3.8) is 0 Å². The number of carboxylic acid groups (broad SMARTS) is 1. The van der Waals surface area contributed by atoms with Crippen LogP contribution < -0.4 is 4.72 Å². The zero-order valence-corrected chi connectivity index (χ0v) is 11.8. The van der Waals surface area contributed by atoms with Crippen LogP contribution in [0, 0.1) is 17.1 Å². The second-order valence-electron chi connectivity index (χ2n) is 4.24. The summed E-state index contributed by atoms with van der Waals surface area (Å²) in [4.78, 5) is 10.5. The lowest BCUT2D eigenvalue weighted by Gasteiger charge is -2.09. The average molecular weight is 320 g/mol. The molecule has 0 aromatic heterocycles. The molecule has 22 heavy (non-hydrogen) atoms. The Balaban J connectivity index is 2.36. The number of sulfonamides is 1. The van der Waals surface area contributed by atoms with Crippen molar-refractivity contribution in [3.05, 3.63) is 59.4 Å². The standard InChI is InChI=1S/C14H9FN2O4S/c15-13-6-5-11(7-12(13)14(18)19)22(20,21)17-10-3-1-9(8-16)2-4-10/h1-7,17H,(H,18,19). The molecule has 0 aliphatic carbocycles. The fraction of sp³-hybridized carbons (Fsp3) is 0. The quantitative estimate of drug-likeness (QED) is 0.898. The lowest BCUT2D eigenvalue weighted by atomic mass is 10.2. The van der Waals surface area contributed by atoms with Crippen molar-refractivity contribution < 1.29 is 22.7 Å². The first-order chi connectivity index (χ1) is 10.3. The Morgan fingerprint density at radius 1 is 1.18 bits per heavy atom. The van der Waals surface area contributed by atoms with E-state index in [9.17, 15) is 17.6 Å². The topological polar surface area (TPSA) is 107 Å². The van der Waals surface area contributed by atoms with Gasteiger partial charge in [-0.1, -0.05) is 0 Å². The lowest BCUT2D eigenvalue weighted by molar-refractivity contribution is 0.0691. The van der Waals surface area contributed by atoms with Gasteiger partial charge in [0.15, 0.2) is 0 Å². The van der Waals surface area contributed by atoms with Crippen molar-refractivity contribution >= 4 is 21.7 Å². The van der Waals surface area contributed by atoms with Gasteiger partial charge in [0.2, 0.25) is 0 Å². The highest BCUT2D eigenvalue weighted by Gasteiger charge is 2.19. The Bertz CT molecular complexity index is 871. The summed E-state index contributed by atoms with van der Waals surface area (Å²) < 4.78 is 39.8. The maximum Gasteiger partial charge on any atom is 0.338 e. The summed E-state index contributed by atoms with van der Waals surface area (Å²) >= 11 is 0. The number of aromatic carboxylic acids is 1. The van der Waals surface area contributed by atoms with Crippen LogP contribution in [0.5, 0.6) is 0 Å². The van der Waals surface area contributed by atoms with Crippen LogP contribution in [0.2, 0.25) is 0 Å². The second kappa shape index (κ2) is 5.83. The van der Waals surface area contributed by atoms with Gasteiger partial charge in [-0.25, -0.2) is 17.6 Å². The van der Waals surface area contributed by atoms with Crippen molar-refractivity contribution in [2.24, 2.45) is 0 Å². The normalized spacial score (nSPS) is 10.7. The molecule has 0 heterocycles. The van der Waals surface area contributed by atoms with Gasteiger partial charge in [0.1, 0.15) is 5.82 Å². The zero-order valence-electron chi connectivity index (χ0n) is 10.9. The van der Waals surface area contributed by atoms with Crippen molar-refractivity contribution in [2.75, 3.05) is 4.72 Å². The van der Waals surface area contributed by atoms with E-state index in [2.05, 4.69) is 4.72 Å². The summed E-state index contributed by atoms with van der Waals surface area (Å²) in [7, 11) is -4.07. The molecule has 6 nitrogen and oxygen atoms in total. The number of benzene rings is 2. The van der Waals surface area contributed by atoms with Crippen molar-refractivity contribution in [1.82, 2.24) is 0 Å². The van der Waals surface area contributed by atoms with Gasteiger partial charge >= 0.3 is 5.97 Å². The molecule has 0 aliphatic rings. The zero-order chi connectivity index (χ0) is 16.3. The summed E-state index contributed by atoms with van der Waals surface area (Å²) in [6, 6.07) is 9.99. The SMILES string of the molecule is N#Cc1ccc(NS(=O)(=O)c2ccc(F)c(C(=O)O)c2)cc1. The number of nitriles is 1. The van der Waals surface area contributed by atoms with Crippen LogP contribution in [-0.2, 0) is 10.0 Å². The first-order valence-electron chi connectivity index (χ1n) is 5.89. The molecule has 0 fully saturated rings. The average Bonchev–Trinajstić information content (AvgIpc) is 2.47. The Morgan fingerprint density at radius 2 is 1.82 bits per heavy atom. The molecule has 2 rings (SSSR count). The number of nitrogens with zero attached hydrogens (tertiary/aromatic N) is 1. The summed E-state index contributed by atoms with van der Waals surface area (Å²) in [5, 5.41) is 17.5. The highest BCUT2D eigenvalue weighted by molar-refractivity contribution is 7.92. The third kappa shape index (κ3) is 3.21. The molecule has 0 radical (unpaired) electrons. The molecule has 0 unspecified atom stereocenters.